The molecule has 0 bridgehead atoms. The lowest BCUT2D eigenvalue weighted by atomic mass is 9.85. The predicted molar refractivity (Wildman–Crippen MR) is 260 cm³/mol. The van der Waals surface area contributed by atoms with Crippen molar-refractivity contribution in [2.75, 3.05) is 13.2 Å². The van der Waals surface area contributed by atoms with Gasteiger partial charge in [-0.1, -0.05) is 150 Å². The van der Waals surface area contributed by atoms with E-state index in [4.69, 9.17) is 18.5 Å². The van der Waals surface area contributed by atoms with E-state index in [1.165, 1.54) is 12.8 Å². The number of phosphoric acid groups is 1. The Hall–Kier alpha value is -3.31. The van der Waals surface area contributed by atoms with Crippen LogP contribution in [0.4, 0.5) is 0 Å². The summed E-state index contributed by atoms with van der Waals surface area (Å²) in [5, 5.41) is 70.6. The van der Waals surface area contributed by atoms with Gasteiger partial charge in [-0.15, -0.1) is 0 Å². The number of hydrogen-bond donors (Lipinski definition) is 8. The second-order valence-electron chi connectivity index (χ2n) is 16.6. The Morgan fingerprint density at radius 2 is 1.07 bits per heavy atom. The van der Waals surface area contributed by atoms with Crippen LogP contribution in [0.2, 0.25) is 0 Å². The van der Waals surface area contributed by atoms with E-state index in [0.717, 1.165) is 77.0 Å². The van der Waals surface area contributed by atoms with Crippen molar-refractivity contribution in [2.24, 2.45) is 0 Å². The molecule has 0 amide bonds. The number of esters is 2. The number of phosphoric ester groups is 1. The number of hydrogen-bond acceptors (Lipinski definition) is 14. The molecule has 0 heterocycles. The number of unbranched alkanes of at least 4 members (excludes halogenated alkanes) is 9. The normalized spacial score (nSPS) is 23.0. The third-order valence-corrected chi connectivity index (χ3v) is 11.6. The van der Waals surface area contributed by atoms with Gasteiger partial charge in [-0.2, -0.15) is 0 Å². The zero-order chi connectivity index (χ0) is 49.5. The van der Waals surface area contributed by atoms with Crippen LogP contribution in [0, 0.1) is 0 Å². The molecule has 8 N–H and O–H groups in total. The second-order valence-corrected chi connectivity index (χ2v) is 18.0. The molecule has 0 spiro atoms. The predicted octanol–water partition coefficient (Wildman–Crippen LogP) is 7.77. The van der Waals surface area contributed by atoms with Crippen molar-refractivity contribution in [3.63, 3.8) is 0 Å². The maximum Gasteiger partial charge on any atom is 0.472 e. The molecule has 0 radical (unpaired) electrons. The largest absolute Gasteiger partial charge is 0.472 e. The van der Waals surface area contributed by atoms with Gasteiger partial charge in [-0.05, 0) is 77.0 Å². The number of ether oxygens (including phenoxy) is 2. The molecule has 1 saturated carbocycles. The van der Waals surface area contributed by atoms with E-state index in [1.807, 2.05) is 6.08 Å². The van der Waals surface area contributed by atoms with Crippen molar-refractivity contribution in [1.29, 1.82) is 0 Å². The molecule has 16 heteroatoms. The molecule has 0 aliphatic heterocycles. The molecular weight excluding hydrogens is 884 g/mol. The Bertz CT molecular complexity index is 1570. The van der Waals surface area contributed by atoms with Crippen LogP contribution in [0.3, 0.4) is 0 Å². The standard InChI is InChI=1S/C51H83O15P/c1-3-5-7-9-11-12-13-14-15-16-17-18-19-20-21-22-23-25-31-37-45(55)65-43(40-64-67(61,62)66-51-49(59)47(57)46(56)48(58)50(51)60)39-63-44(54)38-32-36-42(53)35-30-27-26-29-34-41(52)33-28-24-10-8-6-4-2/h5,7,11-12,14-15,17-18,24,26-30,34-35,41-43,46-53,56-60H,3-4,6,8-10,13,16,19-23,25,31-33,36-40H2,1-2H3,(H,61,62)/b7-5-,12-11-,15-14-,18-17-,27-26+,28-24-,34-29+,35-30-/t41-,42-,43-,46?,47-,48+,49-,50-,51?/m1/s1. The number of carbonyl (C=O) groups is 2. The summed E-state index contributed by atoms with van der Waals surface area (Å²) < 4.78 is 33.4. The van der Waals surface area contributed by atoms with Crippen LogP contribution in [0.5, 0.6) is 0 Å². The van der Waals surface area contributed by atoms with Crippen LogP contribution in [0.25, 0.3) is 0 Å². The number of aliphatic hydroxyl groups is 7. The lowest BCUT2D eigenvalue weighted by molar-refractivity contribution is -0.220. The van der Waals surface area contributed by atoms with E-state index < -0.39 is 87.9 Å². The molecule has 0 aromatic carbocycles. The molecule has 1 aliphatic carbocycles. The quantitative estimate of drug-likeness (QED) is 0.00968. The average Bonchev–Trinajstić information content (AvgIpc) is 3.30. The minimum absolute atomic E-state index is 0.0218. The third-order valence-electron chi connectivity index (χ3n) is 10.6. The van der Waals surface area contributed by atoms with E-state index in [9.17, 15) is 54.8 Å². The third kappa shape index (κ3) is 32.2. The molecule has 1 aliphatic rings. The van der Waals surface area contributed by atoms with Gasteiger partial charge in [0.25, 0.3) is 0 Å². The monoisotopic (exact) mass is 967 g/mol. The molecule has 0 aromatic heterocycles. The summed E-state index contributed by atoms with van der Waals surface area (Å²) in [5.74, 6) is -1.37. The SMILES string of the molecule is CC/C=C\C/C=C\C/C=C\C/C=C\CCCCCCCCC(=O)O[C@H](COC(=O)CCC[C@H](O)\C=C/C=C/C=C/[C@H](O)C/C=C\CCCCC)COP(=O)(O)OC1[C@H](O)[C@H](O)C(O)[C@H](O)[C@H]1O. The van der Waals surface area contributed by atoms with Crippen LogP contribution in [-0.4, -0.2) is 121 Å². The number of allylic oxidation sites excluding steroid dienone is 13. The van der Waals surface area contributed by atoms with E-state index in [-0.39, 0.29) is 25.7 Å². The van der Waals surface area contributed by atoms with E-state index in [1.54, 1.807) is 36.5 Å². The molecule has 67 heavy (non-hydrogen) atoms. The molecule has 1 rings (SSSR count). The number of rotatable bonds is 38. The summed E-state index contributed by atoms with van der Waals surface area (Å²) in [6.45, 7) is 2.90. The van der Waals surface area contributed by atoms with Crippen LogP contribution >= 0.6 is 7.82 Å². The zero-order valence-corrected chi connectivity index (χ0v) is 40.8. The Morgan fingerprint density at radius 1 is 0.567 bits per heavy atom. The van der Waals surface area contributed by atoms with E-state index in [0.29, 0.717) is 12.8 Å². The molecule has 0 aromatic rings. The van der Waals surface area contributed by atoms with Crippen LogP contribution < -0.4 is 0 Å². The first-order chi connectivity index (χ1) is 32.2. The van der Waals surface area contributed by atoms with Crippen molar-refractivity contribution in [1.82, 2.24) is 0 Å². The average molecular weight is 967 g/mol. The van der Waals surface area contributed by atoms with E-state index >= 15 is 0 Å². The van der Waals surface area contributed by atoms with Crippen LogP contribution in [0.1, 0.15) is 142 Å². The maximum atomic E-state index is 12.8. The van der Waals surface area contributed by atoms with Gasteiger partial charge in [0.2, 0.25) is 0 Å². The van der Waals surface area contributed by atoms with Gasteiger partial charge in [0, 0.05) is 12.8 Å². The van der Waals surface area contributed by atoms with Crippen LogP contribution in [0.15, 0.2) is 97.2 Å². The zero-order valence-electron chi connectivity index (χ0n) is 39.9. The maximum absolute atomic E-state index is 12.8. The van der Waals surface area contributed by atoms with Gasteiger partial charge in [0.15, 0.2) is 6.10 Å². The summed E-state index contributed by atoms with van der Waals surface area (Å²) >= 11 is 0. The number of aliphatic hydroxyl groups excluding tert-OH is 7. The van der Waals surface area contributed by atoms with Crippen LogP contribution in [-0.2, 0) is 32.7 Å². The molecule has 382 valence electrons. The van der Waals surface area contributed by atoms with Crippen molar-refractivity contribution in [3.8, 4) is 0 Å². The second kappa shape index (κ2) is 39.5. The van der Waals surface area contributed by atoms with Gasteiger partial charge < -0.3 is 50.1 Å². The minimum atomic E-state index is -5.19. The summed E-state index contributed by atoms with van der Waals surface area (Å²) in [7, 11) is -5.19. The van der Waals surface area contributed by atoms with Gasteiger partial charge in [-0.3, -0.25) is 18.6 Å². The Morgan fingerprint density at radius 3 is 1.69 bits per heavy atom. The fourth-order valence-electron chi connectivity index (χ4n) is 6.65. The van der Waals surface area contributed by atoms with Crippen molar-refractivity contribution >= 4 is 19.8 Å². The summed E-state index contributed by atoms with van der Waals surface area (Å²) in [4.78, 5) is 35.8. The lowest BCUT2D eigenvalue weighted by Crippen LogP contribution is -2.64. The first-order valence-corrected chi connectivity index (χ1v) is 25.8. The first kappa shape index (κ1) is 61.7. The highest BCUT2D eigenvalue weighted by molar-refractivity contribution is 7.47. The highest BCUT2D eigenvalue weighted by Gasteiger charge is 2.51. The Balaban J connectivity index is 2.57. The summed E-state index contributed by atoms with van der Waals surface area (Å²) in [6.07, 6.45) is 32.1. The highest BCUT2D eigenvalue weighted by Crippen LogP contribution is 2.47. The Kier molecular flexibility index (Phi) is 36.4. The first-order valence-electron chi connectivity index (χ1n) is 24.3. The minimum Gasteiger partial charge on any atom is -0.462 e. The van der Waals surface area contributed by atoms with Crippen molar-refractivity contribution in [2.45, 2.75) is 197 Å². The molecule has 0 saturated heterocycles. The molecule has 10 atom stereocenters. The topological polar surface area (TPSA) is 250 Å². The Labute approximate surface area is 399 Å². The lowest BCUT2D eigenvalue weighted by Gasteiger charge is -2.41. The smallest absolute Gasteiger partial charge is 0.462 e. The van der Waals surface area contributed by atoms with Crippen molar-refractivity contribution in [3.05, 3.63) is 97.2 Å². The molecule has 15 nitrogen and oxygen atoms in total. The summed E-state index contributed by atoms with van der Waals surface area (Å²) in [5.41, 5.74) is 0. The van der Waals surface area contributed by atoms with Crippen molar-refractivity contribution < 1.29 is 73.3 Å². The van der Waals surface area contributed by atoms with Gasteiger partial charge in [0.05, 0.1) is 18.8 Å². The summed E-state index contributed by atoms with van der Waals surface area (Å²) in [6, 6.07) is 0. The van der Waals surface area contributed by atoms with Gasteiger partial charge >= 0.3 is 19.8 Å². The fourth-order valence-corrected chi connectivity index (χ4v) is 7.62. The highest BCUT2D eigenvalue weighted by atomic mass is 31.2. The van der Waals surface area contributed by atoms with Gasteiger partial charge in [-0.25, -0.2) is 4.57 Å². The molecule has 3 unspecified atom stereocenters. The number of carbonyl (C=O) groups excluding carboxylic acids is 2. The molecule has 1 fully saturated rings. The fraction of sp³-hybridized carbons (Fsp3) is 0.647. The van der Waals surface area contributed by atoms with Gasteiger partial charge in [0.1, 0.15) is 43.2 Å². The van der Waals surface area contributed by atoms with E-state index in [2.05, 4.69) is 68.5 Å². The molecular formula is C51H83O15P.